The summed E-state index contributed by atoms with van der Waals surface area (Å²) < 4.78 is 5.73. The summed E-state index contributed by atoms with van der Waals surface area (Å²) in [5.74, 6) is 0.900. The molecule has 0 N–H and O–H groups in total. The Hall–Kier alpha value is -5.72. The molecule has 43 heavy (non-hydrogen) atoms. The van der Waals surface area contributed by atoms with Gasteiger partial charge in [-0.05, 0) is 59.5 Å². The molecule has 0 saturated carbocycles. The Balaban J connectivity index is 1.56. The quantitative estimate of drug-likeness (QED) is 0.107. The number of pyridine rings is 1. The van der Waals surface area contributed by atoms with Crippen LogP contribution in [0.3, 0.4) is 0 Å². The zero-order chi connectivity index (χ0) is 29.6. The minimum atomic E-state index is -0.925. The summed E-state index contributed by atoms with van der Waals surface area (Å²) in [4.78, 5) is 21.1. The summed E-state index contributed by atoms with van der Waals surface area (Å²) in [6.45, 7) is 3.91. The molecular weight excluding hydrogens is 536 g/mol. The molecule has 0 saturated heterocycles. The average Bonchev–Trinajstić information content (AvgIpc) is 3.54. The molecule has 0 radical (unpaired) electrons. The Kier molecular flexibility index (Phi) is 7.68. The second-order valence-electron chi connectivity index (χ2n) is 10.2. The van der Waals surface area contributed by atoms with Crippen LogP contribution in [0.4, 0.5) is 5.69 Å². The van der Waals surface area contributed by atoms with Crippen molar-refractivity contribution in [2.24, 2.45) is 4.99 Å². The van der Waals surface area contributed by atoms with Crippen molar-refractivity contribution in [2.75, 3.05) is 0 Å². The molecule has 0 unspecified atom stereocenters. The van der Waals surface area contributed by atoms with Gasteiger partial charge in [0.05, 0.1) is 11.8 Å². The van der Waals surface area contributed by atoms with Crippen LogP contribution in [0.15, 0.2) is 133 Å². The van der Waals surface area contributed by atoms with Crippen molar-refractivity contribution in [3.63, 3.8) is 0 Å². The van der Waals surface area contributed by atoms with E-state index in [-0.39, 0.29) is 6.10 Å². The maximum Gasteiger partial charge on any atom is 0.240 e. The summed E-state index contributed by atoms with van der Waals surface area (Å²) in [5.41, 5.74) is 4.69. The second-order valence-corrected chi connectivity index (χ2v) is 10.2. The van der Waals surface area contributed by atoms with Crippen molar-refractivity contribution in [1.82, 2.24) is 25.2 Å². The Morgan fingerprint density at radius 1 is 0.767 bits per heavy atom. The fourth-order valence-corrected chi connectivity index (χ4v) is 5.29. The molecule has 210 valence electrons. The first-order valence-electron chi connectivity index (χ1n) is 13.9. The highest BCUT2D eigenvalue weighted by Crippen LogP contribution is 2.41. The molecule has 0 aliphatic heterocycles. The first kappa shape index (κ1) is 27.4. The van der Waals surface area contributed by atoms with Crippen LogP contribution in [0.2, 0.25) is 0 Å². The van der Waals surface area contributed by atoms with E-state index in [1.807, 2.05) is 86.6 Å². The molecule has 6 aromatic rings. The Morgan fingerprint density at radius 3 is 1.88 bits per heavy atom. The molecule has 0 amide bonds. The van der Waals surface area contributed by atoms with E-state index in [2.05, 4.69) is 56.7 Å². The minimum absolute atomic E-state index is 0.00717. The van der Waals surface area contributed by atoms with Crippen LogP contribution in [-0.2, 0) is 10.3 Å². The Bertz CT molecular complexity index is 1770. The van der Waals surface area contributed by atoms with Crippen molar-refractivity contribution >= 4 is 11.8 Å². The predicted molar refractivity (Wildman–Crippen MR) is 165 cm³/mol. The summed E-state index contributed by atoms with van der Waals surface area (Å²) in [5, 5.41) is 14.3. The molecule has 8 nitrogen and oxygen atoms in total. The Morgan fingerprint density at radius 2 is 1.37 bits per heavy atom. The number of nitrogens with zero attached hydrogens (tertiary/aromatic N) is 6. The number of hydrogen-bond acceptors (Lipinski definition) is 7. The van der Waals surface area contributed by atoms with Crippen LogP contribution in [0.1, 0.15) is 30.5 Å². The van der Waals surface area contributed by atoms with E-state index < -0.39 is 5.54 Å². The van der Waals surface area contributed by atoms with Crippen LogP contribution in [-0.4, -0.2) is 37.4 Å². The lowest BCUT2D eigenvalue weighted by atomic mass is 9.77. The van der Waals surface area contributed by atoms with Crippen molar-refractivity contribution in [1.29, 1.82) is 0 Å². The lowest BCUT2D eigenvalue weighted by Gasteiger charge is -2.34. The summed E-state index contributed by atoms with van der Waals surface area (Å²) in [7, 11) is 0. The third kappa shape index (κ3) is 5.35. The molecule has 0 bridgehead atoms. The van der Waals surface area contributed by atoms with Crippen molar-refractivity contribution < 1.29 is 9.53 Å². The monoisotopic (exact) mass is 564 g/mol. The van der Waals surface area contributed by atoms with E-state index in [0.717, 1.165) is 27.8 Å². The number of benzene rings is 4. The van der Waals surface area contributed by atoms with Gasteiger partial charge in [-0.1, -0.05) is 97.1 Å². The molecule has 2 heterocycles. The zero-order valence-electron chi connectivity index (χ0n) is 23.7. The Labute approximate surface area is 249 Å². The van der Waals surface area contributed by atoms with E-state index in [4.69, 9.17) is 9.84 Å². The van der Waals surface area contributed by atoms with Gasteiger partial charge in [-0.2, -0.15) is 4.99 Å². The topological polar surface area (TPSA) is 95.2 Å². The number of ether oxygens (including phenoxy) is 1. The van der Waals surface area contributed by atoms with Gasteiger partial charge in [-0.15, -0.1) is 15.0 Å². The number of hydrogen-bond donors (Lipinski definition) is 0. The first-order chi connectivity index (χ1) is 21.1. The van der Waals surface area contributed by atoms with Gasteiger partial charge in [-0.25, -0.2) is 9.78 Å². The molecule has 0 spiro atoms. The first-order valence-corrected chi connectivity index (χ1v) is 13.9. The van der Waals surface area contributed by atoms with E-state index in [1.54, 1.807) is 29.2 Å². The van der Waals surface area contributed by atoms with Gasteiger partial charge >= 0.3 is 0 Å². The maximum atomic E-state index is 11.1. The van der Waals surface area contributed by atoms with E-state index in [1.165, 1.54) is 0 Å². The van der Waals surface area contributed by atoms with E-state index >= 15 is 0 Å². The molecule has 0 atom stereocenters. The van der Waals surface area contributed by atoms with Gasteiger partial charge in [-0.3, -0.25) is 0 Å². The summed E-state index contributed by atoms with van der Waals surface area (Å²) >= 11 is 0. The SMILES string of the molecule is CC(C)Oc1ccc(-c2ccc(N=C=O)cc2-c2nnn(C(c3ccccc3)(c3ccccc3)c3ccccc3)n2)cn1. The lowest BCUT2D eigenvalue weighted by molar-refractivity contribution is 0.232. The molecule has 4 aromatic carbocycles. The largest absolute Gasteiger partial charge is 0.475 e. The van der Waals surface area contributed by atoms with Crippen LogP contribution >= 0.6 is 0 Å². The lowest BCUT2D eigenvalue weighted by Crippen LogP contribution is -2.39. The van der Waals surface area contributed by atoms with Gasteiger partial charge < -0.3 is 4.74 Å². The molecule has 0 fully saturated rings. The van der Waals surface area contributed by atoms with Crippen LogP contribution < -0.4 is 4.74 Å². The van der Waals surface area contributed by atoms with E-state index in [9.17, 15) is 4.79 Å². The minimum Gasteiger partial charge on any atom is -0.475 e. The molecule has 8 heteroatoms. The predicted octanol–water partition coefficient (Wildman–Crippen LogP) is 7.00. The summed E-state index contributed by atoms with van der Waals surface area (Å²) in [6, 6.07) is 39.5. The van der Waals surface area contributed by atoms with Crippen molar-refractivity contribution in [2.45, 2.75) is 25.5 Å². The number of rotatable bonds is 9. The number of tetrazole rings is 1. The smallest absolute Gasteiger partial charge is 0.240 e. The zero-order valence-corrected chi connectivity index (χ0v) is 23.7. The third-order valence-electron chi connectivity index (χ3n) is 7.11. The van der Waals surface area contributed by atoms with Crippen LogP contribution in [0.25, 0.3) is 22.5 Å². The number of aliphatic imine (C=N–C) groups is 1. The van der Waals surface area contributed by atoms with Gasteiger partial charge in [0, 0.05) is 23.4 Å². The molecule has 0 aliphatic rings. The number of aromatic nitrogens is 5. The standard InChI is InChI=1S/C35H28N6O2/c1-25(2)43-33-21-18-26(23-36-33)31-20-19-30(37-24-42)22-32(31)34-38-40-41(39-34)35(27-12-6-3-7-13-27,28-14-8-4-9-15-28)29-16-10-5-11-17-29/h3-23,25H,1-2H3. The molecule has 6 rings (SSSR count). The van der Waals surface area contributed by atoms with Gasteiger partial charge in [0.25, 0.3) is 0 Å². The van der Waals surface area contributed by atoms with Crippen molar-refractivity contribution in [3.8, 4) is 28.4 Å². The fraction of sp³-hybridized carbons (Fsp3) is 0.114. The normalized spacial score (nSPS) is 11.2. The van der Waals surface area contributed by atoms with E-state index in [0.29, 0.717) is 23.0 Å². The average molecular weight is 565 g/mol. The highest BCUT2D eigenvalue weighted by molar-refractivity contribution is 5.82. The summed E-state index contributed by atoms with van der Waals surface area (Å²) in [6.07, 6.45) is 3.38. The fourth-order valence-electron chi connectivity index (χ4n) is 5.29. The van der Waals surface area contributed by atoms with Gasteiger partial charge in [0.1, 0.15) is 0 Å². The maximum absolute atomic E-state index is 11.1. The third-order valence-corrected chi connectivity index (χ3v) is 7.11. The van der Waals surface area contributed by atoms with Gasteiger partial charge in [0.15, 0.2) is 5.54 Å². The highest BCUT2D eigenvalue weighted by atomic mass is 16.5. The highest BCUT2D eigenvalue weighted by Gasteiger charge is 2.41. The van der Waals surface area contributed by atoms with Gasteiger partial charge in [0.2, 0.25) is 17.8 Å². The number of isocyanates is 1. The number of carbonyl (C=O) groups excluding carboxylic acids is 1. The molecule has 0 aliphatic carbocycles. The van der Waals surface area contributed by atoms with Crippen LogP contribution in [0.5, 0.6) is 5.88 Å². The van der Waals surface area contributed by atoms with Crippen molar-refractivity contribution in [3.05, 3.63) is 144 Å². The molecular formula is C35H28N6O2. The molecule has 2 aromatic heterocycles. The van der Waals surface area contributed by atoms with Crippen LogP contribution in [0, 0.1) is 0 Å². The second kappa shape index (κ2) is 12.0.